The van der Waals surface area contributed by atoms with E-state index in [1.807, 2.05) is 43.3 Å². The molecule has 2 aromatic rings. The van der Waals surface area contributed by atoms with Crippen LogP contribution in [0.2, 0.25) is 0 Å². The fraction of sp³-hybridized carbons (Fsp3) is 0.300. The molecule has 0 bridgehead atoms. The highest BCUT2D eigenvalue weighted by molar-refractivity contribution is 7.16. The van der Waals surface area contributed by atoms with Crippen LogP contribution in [0.5, 0.6) is 0 Å². The first kappa shape index (κ1) is 19.6. The highest BCUT2D eigenvalue weighted by atomic mass is 32.1. The molecule has 0 fully saturated rings. The number of nitrogens with one attached hydrogen (secondary N) is 2. The molecule has 7 nitrogen and oxygen atoms in total. The number of benzene rings is 1. The Balaban J connectivity index is 1.60. The van der Waals surface area contributed by atoms with Gasteiger partial charge in [0.1, 0.15) is 11.1 Å². The minimum Gasteiger partial charge on any atom is -0.378 e. The van der Waals surface area contributed by atoms with Crippen LogP contribution in [-0.2, 0) is 22.4 Å². The summed E-state index contributed by atoms with van der Waals surface area (Å²) in [5.41, 5.74) is 5.55. The Hall–Kier alpha value is -3.18. The Morgan fingerprint density at radius 1 is 1.18 bits per heavy atom. The number of anilines is 2. The standard InChI is InChI=1S/C20H21N5O2S/c1-25(2)14-9-7-13(8-10-14)12-22-24-19(27)18(26)23-20-16(11-21)15-5-3-4-6-17(15)28-20/h7-10,12H,3-6H2,1-2H3,(H,23,26)(H,24,27). The number of amides is 2. The van der Waals surface area contributed by atoms with Crippen molar-refractivity contribution in [2.45, 2.75) is 25.7 Å². The molecule has 0 unspecified atom stereocenters. The van der Waals surface area contributed by atoms with E-state index in [-0.39, 0.29) is 0 Å². The SMILES string of the molecule is CN(C)c1ccc(C=NNC(=O)C(=O)Nc2sc3c(c2C#N)CCCC3)cc1. The van der Waals surface area contributed by atoms with E-state index in [0.717, 1.165) is 47.4 Å². The summed E-state index contributed by atoms with van der Waals surface area (Å²) < 4.78 is 0. The van der Waals surface area contributed by atoms with E-state index >= 15 is 0 Å². The molecule has 2 amide bonds. The van der Waals surface area contributed by atoms with Gasteiger partial charge in [-0.25, -0.2) is 5.43 Å². The van der Waals surface area contributed by atoms with Crippen molar-refractivity contribution >= 4 is 40.1 Å². The fourth-order valence-electron chi connectivity index (χ4n) is 3.01. The van der Waals surface area contributed by atoms with Gasteiger partial charge < -0.3 is 10.2 Å². The van der Waals surface area contributed by atoms with E-state index in [2.05, 4.69) is 21.9 Å². The molecule has 0 radical (unpaired) electrons. The number of nitriles is 1. The van der Waals surface area contributed by atoms with Crippen LogP contribution in [0.1, 0.15) is 34.4 Å². The first-order valence-corrected chi connectivity index (χ1v) is 9.77. The van der Waals surface area contributed by atoms with E-state index in [1.165, 1.54) is 17.6 Å². The van der Waals surface area contributed by atoms with Gasteiger partial charge in [-0.3, -0.25) is 9.59 Å². The zero-order valence-electron chi connectivity index (χ0n) is 15.8. The summed E-state index contributed by atoms with van der Waals surface area (Å²) in [4.78, 5) is 27.3. The van der Waals surface area contributed by atoms with Crippen molar-refractivity contribution in [3.05, 3.63) is 45.8 Å². The lowest BCUT2D eigenvalue weighted by Crippen LogP contribution is -2.32. The Labute approximate surface area is 167 Å². The van der Waals surface area contributed by atoms with Crippen LogP contribution < -0.4 is 15.6 Å². The van der Waals surface area contributed by atoms with Gasteiger partial charge in [-0.2, -0.15) is 10.4 Å². The van der Waals surface area contributed by atoms with Crippen molar-refractivity contribution < 1.29 is 9.59 Å². The van der Waals surface area contributed by atoms with Gasteiger partial charge >= 0.3 is 11.8 Å². The summed E-state index contributed by atoms with van der Waals surface area (Å²) in [6.07, 6.45) is 5.34. The predicted octanol–water partition coefficient (Wildman–Crippen LogP) is 2.65. The number of hydrogen-bond donors (Lipinski definition) is 2. The third-order valence-electron chi connectivity index (χ3n) is 4.51. The number of fused-ring (bicyclic) bond motifs is 1. The minimum atomic E-state index is -0.878. The fourth-order valence-corrected chi connectivity index (χ4v) is 4.24. The van der Waals surface area contributed by atoms with Crippen molar-refractivity contribution in [2.75, 3.05) is 24.3 Å². The monoisotopic (exact) mass is 395 g/mol. The molecule has 0 spiro atoms. The molecule has 1 aliphatic carbocycles. The van der Waals surface area contributed by atoms with Crippen molar-refractivity contribution in [3.8, 4) is 6.07 Å². The Morgan fingerprint density at radius 3 is 2.57 bits per heavy atom. The predicted molar refractivity (Wildman–Crippen MR) is 111 cm³/mol. The summed E-state index contributed by atoms with van der Waals surface area (Å²) in [6, 6.07) is 9.74. The quantitative estimate of drug-likeness (QED) is 0.472. The van der Waals surface area contributed by atoms with Gasteiger partial charge in [-0.1, -0.05) is 12.1 Å². The van der Waals surface area contributed by atoms with Crippen LogP contribution in [0.15, 0.2) is 29.4 Å². The molecule has 0 saturated carbocycles. The van der Waals surface area contributed by atoms with Crippen LogP contribution in [0.25, 0.3) is 0 Å². The van der Waals surface area contributed by atoms with Gasteiger partial charge in [0.05, 0.1) is 11.8 Å². The molecule has 28 heavy (non-hydrogen) atoms. The van der Waals surface area contributed by atoms with Gasteiger partial charge in [0.25, 0.3) is 0 Å². The Morgan fingerprint density at radius 2 is 1.89 bits per heavy atom. The summed E-state index contributed by atoms with van der Waals surface area (Å²) in [6.45, 7) is 0. The van der Waals surface area contributed by atoms with Gasteiger partial charge in [0, 0.05) is 24.7 Å². The summed E-state index contributed by atoms with van der Waals surface area (Å²) in [7, 11) is 3.90. The van der Waals surface area contributed by atoms with E-state index in [0.29, 0.717) is 10.6 Å². The normalized spacial score (nSPS) is 12.9. The largest absolute Gasteiger partial charge is 0.378 e. The van der Waals surface area contributed by atoms with Crippen molar-refractivity contribution in [1.29, 1.82) is 5.26 Å². The first-order valence-electron chi connectivity index (χ1n) is 8.96. The van der Waals surface area contributed by atoms with E-state index < -0.39 is 11.8 Å². The molecule has 144 valence electrons. The van der Waals surface area contributed by atoms with Crippen LogP contribution in [-0.4, -0.2) is 32.1 Å². The van der Waals surface area contributed by atoms with E-state index in [1.54, 1.807) is 0 Å². The minimum absolute atomic E-state index is 0.442. The second-order valence-corrected chi connectivity index (χ2v) is 7.77. The highest BCUT2D eigenvalue weighted by Gasteiger charge is 2.23. The summed E-state index contributed by atoms with van der Waals surface area (Å²) in [5, 5.41) is 16.2. The van der Waals surface area contributed by atoms with Crippen LogP contribution in [0, 0.1) is 11.3 Å². The lowest BCUT2D eigenvalue weighted by atomic mass is 9.96. The highest BCUT2D eigenvalue weighted by Crippen LogP contribution is 2.37. The third-order valence-corrected chi connectivity index (χ3v) is 5.71. The summed E-state index contributed by atoms with van der Waals surface area (Å²) in [5.74, 6) is -1.72. The average molecular weight is 395 g/mol. The molecule has 1 aromatic heterocycles. The average Bonchev–Trinajstić information content (AvgIpc) is 3.05. The molecule has 0 saturated heterocycles. The molecule has 1 aliphatic rings. The van der Waals surface area contributed by atoms with Crippen molar-refractivity contribution in [3.63, 3.8) is 0 Å². The van der Waals surface area contributed by atoms with Crippen LogP contribution in [0.3, 0.4) is 0 Å². The second-order valence-electron chi connectivity index (χ2n) is 6.67. The van der Waals surface area contributed by atoms with Crippen molar-refractivity contribution in [1.82, 2.24) is 5.43 Å². The van der Waals surface area contributed by atoms with Gasteiger partial charge in [-0.15, -0.1) is 11.3 Å². The zero-order valence-corrected chi connectivity index (χ0v) is 16.6. The zero-order chi connectivity index (χ0) is 20.1. The molecular weight excluding hydrogens is 374 g/mol. The molecule has 1 aromatic carbocycles. The number of hydrazone groups is 1. The Bertz CT molecular complexity index is 954. The maximum absolute atomic E-state index is 12.2. The van der Waals surface area contributed by atoms with E-state index in [9.17, 15) is 14.9 Å². The van der Waals surface area contributed by atoms with Gasteiger partial charge in [0.2, 0.25) is 0 Å². The molecule has 0 aliphatic heterocycles. The lowest BCUT2D eigenvalue weighted by molar-refractivity contribution is -0.136. The molecule has 8 heteroatoms. The topological polar surface area (TPSA) is 97.6 Å². The number of aryl methyl sites for hydroxylation is 1. The van der Waals surface area contributed by atoms with Crippen LogP contribution in [0.4, 0.5) is 10.7 Å². The molecule has 1 heterocycles. The maximum Gasteiger partial charge on any atom is 0.329 e. The number of carbonyl (C=O) groups excluding carboxylic acids is 2. The number of nitrogens with zero attached hydrogens (tertiary/aromatic N) is 3. The maximum atomic E-state index is 12.2. The number of thiophene rings is 1. The van der Waals surface area contributed by atoms with E-state index in [4.69, 9.17) is 0 Å². The lowest BCUT2D eigenvalue weighted by Gasteiger charge is -2.11. The third kappa shape index (κ3) is 4.38. The molecular formula is C20H21N5O2S. The summed E-state index contributed by atoms with van der Waals surface area (Å²) >= 11 is 1.38. The first-order chi connectivity index (χ1) is 13.5. The smallest absolute Gasteiger partial charge is 0.329 e. The number of hydrogen-bond acceptors (Lipinski definition) is 6. The van der Waals surface area contributed by atoms with Crippen molar-refractivity contribution in [2.24, 2.45) is 5.10 Å². The molecule has 2 N–H and O–H groups in total. The number of rotatable bonds is 4. The molecule has 0 atom stereocenters. The second kappa shape index (κ2) is 8.67. The van der Waals surface area contributed by atoms with Gasteiger partial charge in [0.15, 0.2) is 0 Å². The van der Waals surface area contributed by atoms with Gasteiger partial charge in [-0.05, 0) is 48.9 Å². The number of carbonyl (C=O) groups is 2. The molecule has 3 rings (SSSR count). The van der Waals surface area contributed by atoms with Crippen LogP contribution >= 0.6 is 11.3 Å². The Kier molecular flexibility index (Phi) is 6.06.